The number of hydrogen-bond donors (Lipinski definition) is 0. The Balaban J connectivity index is 4.11. The third-order valence-electron chi connectivity index (χ3n) is 2.33. The maximum atomic E-state index is 11.7. The molecule has 0 radical (unpaired) electrons. The highest BCUT2D eigenvalue weighted by atomic mass is 16.5. The zero-order valence-electron chi connectivity index (χ0n) is 10.2. The topological polar surface area (TPSA) is 26.3 Å². The van der Waals surface area contributed by atoms with Crippen LogP contribution in [0.15, 0.2) is 0 Å². The van der Waals surface area contributed by atoms with E-state index in [9.17, 15) is 4.79 Å². The SMILES string of the molecule is CCCCC(C(=O)OC(C)C)C(C)C. The van der Waals surface area contributed by atoms with Crippen molar-refractivity contribution in [1.82, 2.24) is 0 Å². The molecule has 14 heavy (non-hydrogen) atoms. The van der Waals surface area contributed by atoms with E-state index in [0.717, 1.165) is 19.3 Å². The fourth-order valence-corrected chi connectivity index (χ4v) is 1.47. The summed E-state index contributed by atoms with van der Waals surface area (Å²) in [6.07, 6.45) is 3.21. The van der Waals surface area contributed by atoms with E-state index >= 15 is 0 Å². The van der Waals surface area contributed by atoms with Gasteiger partial charge in [-0.15, -0.1) is 0 Å². The summed E-state index contributed by atoms with van der Waals surface area (Å²) in [5.41, 5.74) is 0. The van der Waals surface area contributed by atoms with Crippen LogP contribution >= 0.6 is 0 Å². The first-order valence-electron chi connectivity index (χ1n) is 5.69. The van der Waals surface area contributed by atoms with Crippen molar-refractivity contribution in [1.29, 1.82) is 0 Å². The molecular weight excluding hydrogens is 176 g/mol. The van der Waals surface area contributed by atoms with Crippen LogP contribution in [0.25, 0.3) is 0 Å². The lowest BCUT2D eigenvalue weighted by Crippen LogP contribution is -2.25. The Bertz CT molecular complexity index is 162. The van der Waals surface area contributed by atoms with E-state index in [-0.39, 0.29) is 18.0 Å². The van der Waals surface area contributed by atoms with Gasteiger partial charge < -0.3 is 4.74 Å². The maximum absolute atomic E-state index is 11.7. The molecule has 0 aliphatic carbocycles. The fraction of sp³-hybridized carbons (Fsp3) is 0.917. The average Bonchev–Trinajstić information content (AvgIpc) is 2.02. The number of ether oxygens (including phenoxy) is 1. The van der Waals surface area contributed by atoms with Gasteiger partial charge in [0.1, 0.15) is 0 Å². The van der Waals surface area contributed by atoms with Crippen molar-refractivity contribution in [2.24, 2.45) is 11.8 Å². The Morgan fingerprint density at radius 3 is 2.14 bits per heavy atom. The molecular formula is C12H24O2. The monoisotopic (exact) mass is 200 g/mol. The van der Waals surface area contributed by atoms with E-state index in [1.807, 2.05) is 13.8 Å². The zero-order valence-corrected chi connectivity index (χ0v) is 10.2. The highest BCUT2D eigenvalue weighted by Crippen LogP contribution is 2.20. The molecule has 2 heteroatoms. The van der Waals surface area contributed by atoms with Gasteiger partial charge in [0.05, 0.1) is 12.0 Å². The minimum absolute atomic E-state index is 0.00498. The highest BCUT2D eigenvalue weighted by molar-refractivity contribution is 5.72. The minimum atomic E-state index is -0.0246. The molecule has 0 N–H and O–H groups in total. The van der Waals surface area contributed by atoms with E-state index < -0.39 is 0 Å². The molecule has 0 aliphatic heterocycles. The molecule has 0 saturated carbocycles. The van der Waals surface area contributed by atoms with Crippen LogP contribution in [-0.4, -0.2) is 12.1 Å². The molecule has 0 aromatic carbocycles. The molecule has 0 aromatic heterocycles. The molecule has 1 unspecified atom stereocenters. The zero-order chi connectivity index (χ0) is 11.1. The molecule has 84 valence electrons. The second kappa shape index (κ2) is 6.86. The summed E-state index contributed by atoms with van der Waals surface area (Å²) in [5.74, 6) is 0.439. The molecule has 0 spiro atoms. The van der Waals surface area contributed by atoms with Crippen LogP contribution in [0.5, 0.6) is 0 Å². The van der Waals surface area contributed by atoms with Crippen LogP contribution in [0.1, 0.15) is 53.9 Å². The van der Waals surface area contributed by atoms with Crippen molar-refractivity contribution in [3.63, 3.8) is 0 Å². The van der Waals surface area contributed by atoms with E-state index in [0.29, 0.717) is 5.92 Å². The van der Waals surface area contributed by atoms with Crippen LogP contribution in [0, 0.1) is 11.8 Å². The number of carbonyl (C=O) groups is 1. The normalized spacial score (nSPS) is 13.4. The summed E-state index contributed by atoms with van der Waals surface area (Å²) in [4.78, 5) is 11.7. The smallest absolute Gasteiger partial charge is 0.309 e. The van der Waals surface area contributed by atoms with Crippen molar-refractivity contribution in [2.75, 3.05) is 0 Å². The molecule has 0 aliphatic rings. The quantitative estimate of drug-likeness (QED) is 0.614. The summed E-state index contributed by atoms with van der Waals surface area (Å²) >= 11 is 0. The third kappa shape index (κ3) is 5.25. The van der Waals surface area contributed by atoms with E-state index in [4.69, 9.17) is 4.74 Å². The molecule has 0 amide bonds. The predicted octanol–water partition coefficient (Wildman–Crippen LogP) is 3.40. The van der Waals surface area contributed by atoms with Crippen molar-refractivity contribution in [2.45, 2.75) is 60.0 Å². The molecule has 2 nitrogen and oxygen atoms in total. The minimum Gasteiger partial charge on any atom is -0.463 e. The number of hydrogen-bond acceptors (Lipinski definition) is 2. The molecule has 0 heterocycles. The van der Waals surface area contributed by atoms with Crippen molar-refractivity contribution in [3.8, 4) is 0 Å². The van der Waals surface area contributed by atoms with Crippen LogP contribution in [0.2, 0.25) is 0 Å². The second-order valence-corrected chi connectivity index (χ2v) is 4.48. The Kier molecular flexibility index (Phi) is 6.60. The van der Waals surface area contributed by atoms with Crippen molar-refractivity contribution >= 4 is 5.97 Å². The summed E-state index contributed by atoms with van der Waals surface area (Å²) in [5, 5.41) is 0. The van der Waals surface area contributed by atoms with Gasteiger partial charge in [0, 0.05) is 0 Å². The first kappa shape index (κ1) is 13.5. The van der Waals surface area contributed by atoms with E-state index in [1.54, 1.807) is 0 Å². The van der Waals surface area contributed by atoms with Crippen molar-refractivity contribution in [3.05, 3.63) is 0 Å². The highest BCUT2D eigenvalue weighted by Gasteiger charge is 2.23. The van der Waals surface area contributed by atoms with Gasteiger partial charge in [-0.1, -0.05) is 33.6 Å². The second-order valence-electron chi connectivity index (χ2n) is 4.48. The lowest BCUT2D eigenvalue weighted by Gasteiger charge is -2.20. The van der Waals surface area contributed by atoms with Gasteiger partial charge in [-0.3, -0.25) is 4.79 Å². The summed E-state index contributed by atoms with van der Waals surface area (Å²) in [7, 11) is 0. The summed E-state index contributed by atoms with van der Waals surface area (Å²) in [6, 6.07) is 0. The first-order chi connectivity index (χ1) is 6.49. The molecule has 1 atom stereocenters. The molecule has 0 saturated heterocycles. The van der Waals surface area contributed by atoms with Crippen LogP contribution in [-0.2, 0) is 9.53 Å². The Morgan fingerprint density at radius 2 is 1.79 bits per heavy atom. The predicted molar refractivity (Wildman–Crippen MR) is 59.1 cm³/mol. The molecule has 0 bridgehead atoms. The summed E-state index contributed by atoms with van der Waals surface area (Å²) < 4.78 is 5.23. The lowest BCUT2D eigenvalue weighted by molar-refractivity contribution is -0.154. The molecule has 0 fully saturated rings. The lowest BCUT2D eigenvalue weighted by atomic mass is 9.91. The number of unbranched alkanes of at least 4 members (excludes halogenated alkanes) is 1. The van der Waals surface area contributed by atoms with Gasteiger partial charge in [0.2, 0.25) is 0 Å². The van der Waals surface area contributed by atoms with Gasteiger partial charge in [0.25, 0.3) is 0 Å². The standard InChI is InChI=1S/C12H24O2/c1-6-7-8-11(9(2)3)12(13)14-10(4)5/h9-11H,6-8H2,1-5H3. The van der Waals surface area contributed by atoms with Gasteiger partial charge in [0.15, 0.2) is 0 Å². The van der Waals surface area contributed by atoms with Crippen LogP contribution < -0.4 is 0 Å². The van der Waals surface area contributed by atoms with Crippen LogP contribution in [0.3, 0.4) is 0 Å². The summed E-state index contributed by atoms with van der Waals surface area (Å²) in [6.45, 7) is 10.1. The van der Waals surface area contributed by atoms with Gasteiger partial charge in [-0.25, -0.2) is 0 Å². The van der Waals surface area contributed by atoms with Gasteiger partial charge in [-0.2, -0.15) is 0 Å². The Morgan fingerprint density at radius 1 is 1.21 bits per heavy atom. The maximum Gasteiger partial charge on any atom is 0.309 e. The fourth-order valence-electron chi connectivity index (χ4n) is 1.47. The molecule has 0 aromatic rings. The average molecular weight is 200 g/mol. The number of rotatable bonds is 6. The van der Waals surface area contributed by atoms with E-state index in [1.165, 1.54) is 0 Å². The van der Waals surface area contributed by atoms with Gasteiger partial charge >= 0.3 is 5.97 Å². The van der Waals surface area contributed by atoms with E-state index in [2.05, 4.69) is 20.8 Å². The van der Waals surface area contributed by atoms with Gasteiger partial charge in [-0.05, 0) is 26.2 Å². The Labute approximate surface area is 88.0 Å². The van der Waals surface area contributed by atoms with Crippen molar-refractivity contribution < 1.29 is 9.53 Å². The number of carbonyl (C=O) groups excluding carboxylic acids is 1. The number of esters is 1. The largest absolute Gasteiger partial charge is 0.463 e. The molecule has 0 rings (SSSR count). The first-order valence-corrected chi connectivity index (χ1v) is 5.69. The third-order valence-corrected chi connectivity index (χ3v) is 2.33. The Hall–Kier alpha value is -0.530. The van der Waals surface area contributed by atoms with Crippen LogP contribution in [0.4, 0.5) is 0 Å².